The predicted octanol–water partition coefficient (Wildman–Crippen LogP) is 4.57. The Labute approximate surface area is 171 Å². The van der Waals surface area contributed by atoms with Crippen LogP contribution in [0, 0.1) is 0 Å². The fourth-order valence-electron chi connectivity index (χ4n) is 3.41. The predicted molar refractivity (Wildman–Crippen MR) is 118 cm³/mol. The molecule has 29 heavy (non-hydrogen) atoms. The van der Waals surface area contributed by atoms with E-state index < -0.39 is 0 Å². The molecule has 1 heterocycles. The van der Waals surface area contributed by atoms with Gasteiger partial charge >= 0.3 is 0 Å². The summed E-state index contributed by atoms with van der Waals surface area (Å²) in [6, 6.07) is 11.9. The maximum Gasteiger partial charge on any atom is 0.198 e. The number of methoxy groups -OCH3 is 2. The Bertz CT molecular complexity index is 991. The van der Waals surface area contributed by atoms with Crippen molar-refractivity contribution in [2.24, 2.45) is 4.99 Å². The second kappa shape index (κ2) is 9.47. The summed E-state index contributed by atoms with van der Waals surface area (Å²) < 4.78 is 10.8. The molecule has 0 bridgehead atoms. The molecule has 3 rings (SSSR count). The van der Waals surface area contributed by atoms with Crippen LogP contribution in [-0.4, -0.2) is 43.1 Å². The van der Waals surface area contributed by atoms with Gasteiger partial charge in [-0.15, -0.1) is 0 Å². The van der Waals surface area contributed by atoms with E-state index in [1.165, 1.54) is 5.56 Å². The first-order chi connectivity index (χ1) is 14.1. The summed E-state index contributed by atoms with van der Waals surface area (Å²) in [6.07, 6.45) is 1.67. The minimum absolute atomic E-state index is 0.0955. The summed E-state index contributed by atoms with van der Waals surface area (Å²) in [6.45, 7) is 6.08. The Morgan fingerprint density at radius 1 is 1.07 bits per heavy atom. The molecular weight excluding hydrogens is 366 g/mol. The zero-order valence-corrected chi connectivity index (χ0v) is 17.5. The molecule has 0 saturated heterocycles. The number of nitrogens with one attached hydrogen (secondary N) is 2. The number of fused-ring (bicyclic) bond motifs is 1. The smallest absolute Gasteiger partial charge is 0.198 e. The zero-order valence-electron chi connectivity index (χ0n) is 17.5. The molecule has 1 aromatic heterocycles. The minimum atomic E-state index is 0.0955. The van der Waals surface area contributed by atoms with E-state index in [4.69, 9.17) is 14.5 Å². The molecule has 0 radical (unpaired) electrons. The Kier molecular flexibility index (Phi) is 6.77. The molecule has 0 fully saturated rings. The number of nitrogens with zero attached hydrogens (tertiary/aromatic N) is 1. The van der Waals surface area contributed by atoms with Crippen LogP contribution in [0.25, 0.3) is 10.9 Å². The van der Waals surface area contributed by atoms with Gasteiger partial charge in [0, 0.05) is 11.5 Å². The lowest BCUT2D eigenvalue weighted by Gasteiger charge is -2.09. The van der Waals surface area contributed by atoms with Crippen LogP contribution in [-0.2, 0) is 6.42 Å². The third-order valence-corrected chi connectivity index (χ3v) is 4.95. The highest BCUT2D eigenvalue weighted by Gasteiger charge is 2.18. The molecule has 2 aromatic carbocycles. The number of hydrogen-bond donors (Lipinski definition) is 3. The number of H-pyrrole nitrogens is 1. The minimum Gasteiger partial charge on any atom is -0.494 e. The van der Waals surface area contributed by atoms with Crippen molar-refractivity contribution in [1.82, 2.24) is 10.3 Å². The van der Waals surface area contributed by atoms with Crippen LogP contribution in [0.1, 0.15) is 31.4 Å². The largest absolute Gasteiger partial charge is 0.494 e. The average Bonchev–Trinajstić information content (AvgIpc) is 3.06. The summed E-state index contributed by atoms with van der Waals surface area (Å²) in [7, 11) is 3.19. The Morgan fingerprint density at radius 2 is 1.76 bits per heavy atom. The van der Waals surface area contributed by atoms with Crippen molar-refractivity contribution in [3.8, 4) is 17.4 Å². The van der Waals surface area contributed by atoms with Crippen molar-refractivity contribution in [1.29, 1.82) is 0 Å². The summed E-state index contributed by atoms with van der Waals surface area (Å²) in [5, 5.41) is 14.8. The summed E-state index contributed by atoms with van der Waals surface area (Å²) >= 11 is 0. The van der Waals surface area contributed by atoms with Gasteiger partial charge in [0.05, 0.1) is 36.7 Å². The lowest BCUT2D eigenvalue weighted by atomic mass is 10.0. The van der Waals surface area contributed by atoms with E-state index in [0.717, 1.165) is 41.8 Å². The molecule has 0 unspecified atom stereocenters. The van der Waals surface area contributed by atoms with Crippen LogP contribution in [0.3, 0.4) is 0 Å². The molecule has 0 saturated carbocycles. The lowest BCUT2D eigenvalue weighted by molar-refractivity contribution is 0.356. The van der Waals surface area contributed by atoms with Crippen molar-refractivity contribution in [2.45, 2.75) is 26.7 Å². The number of aliphatic imine (C=N–C) groups is 1. The van der Waals surface area contributed by atoms with E-state index in [1.807, 2.05) is 31.2 Å². The van der Waals surface area contributed by atoms with Crippen LogP contribution in [0.4, 0.5) is 5.69 Å². The maximum absolute atomic E-state index is 10.6. The number of aromatic nitrogens is 1. The van der Waals surface area contributed by atoms with Crippen LogP contribution >= 0.6 is 0 Å². The van der Waals surface area contributed by atoms with Gasteiger partial charge in [0.15, 0.2) is 17.4 Å². The van der Waals surface area contributed by atoms with E-state index >= 15 is 0 Å². The molecule has 0 aliphatic carbocycles. The molecule has 3 N–H and O–H groups in total. The van der Waals surface area contributed by atoms with Crippen molar-refractivity contribution >= 4 is 22.3 Å². The van der Waals surface area contributed by atoms with Crippen molar-refractivity contribution in [3.05, 3.63) is 47.5 Å². The van der Waals surface area contributed by atoms with Gasteiger partial charge in [-0.05, 0) is 49.7 Å². The summed E-state index contributed by atoms with van der Waals surface area (Å²) in [5.41, 5.74) is 4.41. The standard InChI is InChI=1S/C23H29N3O3/c1-5-18(25-16-9-7-15(8-10-16)11-12-24-6-2)22-17-13-20(28-3)21(29-4)14-19(17)26-23(22)27/h7-10,13-14,24,26-27H,5-6,11-12H2,1-4H3. The first kappa shape index (κ1) is 20.7. The fourth-order valence-corrected chi connectivity index (χ4v) is 3.41. The number of rotatable bonds is 9. The van der Waals surface area contributed by atoms with Crippen LogP contribution in [0.15, 0.2) is 41.4 Å². The van der Waals surface area contributed by atoms with Crippen molar-refractivity contribution in [2.75, 3.05) is 27.3 Å². The lowest BCUT2D eigenvalue weighted by Crippen LogP contribution is -2.15. The molecule has 0 aliphatic rings. The van der Waals surface area contributed by atoms with Gasteiger partial charge in [-0.3, -0.25) is 4.99 Å². The van der Waals surface area contributed by atoms with Gasteiger partial charge in [-0.1, -0.05) is 26.0 Å². The number of likely N-dealkylation sites (N-methyl/N-ethyl adjacent to an activating group) is 1. The third kappa shape index (κ3) is 4.54. The Morgan fingerprint density at radius 3 is 2.38 bits per heavy atom. The van der Waals surface area contributed by atoms with Gasteiger partial charge in [0.25, 0.3) is 0 Å². The first-order valence-corrected chi connectivity index (χ1v) is 9.95. The first-order valence-electron chi connectivity index (χ1n) is 9.95. The van der Waals surface area contributed by atoms with E-state index in [-0.39, 0.29) is 5.88 Å². The van der Waals surface area contributed by atoms with Gasteiger partial charge in [-0.2, -0.15) is 0 Å². The number of benzene rings is 2. The second-order valence-electron chi connectivity index (χ2n) is 6.78. The molecule has 0 amide bonds. The molecule has 6 heteroatoms. The van der Waals surface area contributed by atoms with Gasteiger partial charge < -0.3 is 24.9 Å². The molecule has 154 valence electrons. The van der Waals surface area contributed by atoms with Gasteiger partial charge in [-0.25, -0.2) is 0 Å². The number of ether oxygens (including phenoxy) is 2. The number of aromatic amines is 1. The number of hydrogen-bond acceptors (Lipinski definition) is 5. The summed E-state index contributed by atoms with van der Waals surface area (Å²) in [5.74, 6) is 1.31. The Balaban J connectivity index is 1.97. The van der Waals surface area contributed by atoms with E-state index in [9.17, 15) is 5.11 Å². The van der Waals surface area contributed by atoms with E-state index in [1.54, 1.807) is 14.2 Å². The monoisotopic (exact) mass is 395 g/mol. The topological polar surface area (TPSA) is 78.9 Å². The van der Waals surface area contributed by atoms with E-state index in [2.05, 4.69) is 29.4 Å². The highest BCUT2D eigenvalue weighted by atomic mass is 16.5. The SMILES string of the molecule is CCNCCc1ccc(N=C(CC)c2c(O)[nH]c3cc(OC)c(OC)cc23)cc1. The maximum atomic E-state index is 10.6. The highest BCUT2D eigenvalue weighted by molar-refractivity contribution is 6.14. The molecule has 0 atom stereocenters. The third-order valence-electron chi connectivity index (χ3n) is 4.95. The molecule has 0 aliphatic heterocycles. The zero-order chi connectivity index (χ0) is 20.8. The second-order valence-corrected chi connectivity index (χ2v) is 6.78. The van der Waals surface area contributed by atoms with Crippen LogP contribution < -0.4 is 14.8 Å². The van der Waals surface area contributed by atoms with Gasteiger partial charge in [0.2, 0.25) is 0 Å². The highest BCUT2D eigenvalue weighted by Crippen LogP contribution is 2.37. The average molecular weight is 396 g/mol. The molecule has 3 aromatic rings. The molecular formula is C23H29N3O3. The van der Waals surface area contributed by atoms with Crippen LogP contribution in [0.5, 0.6) is 17.4 Å². The van der Waals surface area contributed by atoms with Crippen molar-refractivity contribution in [3.63, 3.8) is 0 Å². The molecule has 0 spiro atoms. The number of aromatic hydroxyl groups is 1. The van der Waals surface area contributed by atoms with E-state index in [0.29, 0.717) is 23.5 Å². The Hall–Kier alpha value is -2.99. The normalized spacial score (nSPS) is 11.8. The molecule has 6 nitrogen and oxygen atoms in total. The van der Waals surface area contributed by atoms with Crippen LogP contribution in [0.2, 0.25) is 0 Å². The fraction of sp³-hybridized carbons (Fsp3) is 0.348. The van der Waals surface area contributed by atoms with Crippen molar-refractivity contribution < 1.29 is 14.6 Å². The quantitative estimate of drug-likeness (QED) is 0.366. The van der Waals surface area contributed by atoms with Gasteiger partial charge in [0.1, 0.15) is 0 Å². The summed E-state index contributed by atoms with van der Waals surface area (Å²) in [4.78, 5) is 7.84.